The summed E-state index contributed by atoms with van der Waals surface area (Å²) in [5.74, 6) is 1.66. The van der Waals surface area contributed by atoms with Gasteiger partial charge in [-0.2, -0.15) is 0 Å². The summed E-state index contributed by atoms with van der Waals surface area (Å²) in [6.07, 6.45) is 9.76. The SMILES string of the molecule is CC(C)(C)C1CCC(OCC(=O)COC2CCC(C(C)(C)C)CC2)CC1. The van der Waals surface area contributed by atoms with E-state index in [0.717, 1.165) is 37.5 Å². The van der Waals surface area contributed by atoms with Crippen molar-refractivity contribution in [2.24, 2.45) is 22.7 Å². The lowest BCUT2D eigenvalue weighted by Crippen LogP contribution is -2.32. The second kappa shape index (κ2) is 9.19. The maximum atomic E-state index is 12.1. The lowest BCUT2D eigenvalue weighted by molar-refractivity contribution is -0.134. The maximum absolute atomic E-state index is 12.1. The molecule has 0 heterocycles. The molecule has 0 bridgehead atoms. The van der Waals surface area contributed by atoms with Gasteiger partial charge in [0.05, 0.1) is 12.2 Å². The Kier molecular flexibility index (Phi) is 7.73. The molecular weight excluding hydrogens is 324 g/mol. The number of rotatable bonds is 6. The third kappa shape index (κ3) is 6.96. The van der Waals surface area contributed by atoms with E-state index in [1.54, 1.807) is 0 Å². The second-order valence-corrected chi connectivity index (χ2v) is 10.8. The van der Waals surface area contributed by atoms with Gasteiger partial charge in [-0.3, -0.25) is 4.79 Å². The third-order valence-corrected chi connectivity index (χ3v) is 6.76. The van der Waals surface area contributed by atoms with E-state index in [-0.39, 0.29) is 31.2 Å². The first-order chi connectivity index (χ1) is 12.1. The highest BCUT2D eigenvalue weighted by molar-refractivity contribution is 5.80. The van der Waals surface area contributed by atoms with E-state index < -0.39 is 0 Å². The Morgan fingerprint density at radius 3 is 1.23 bits per heavy atom. The van der Waals surface area contributed by atoms with Crippen molar-refractivity contribution in [3.05, 3.63) is 0 Å². The highest BCUT2D eigenvalue weighted by atomic mass is 16.5. The van der Waals surface area contributed by atoms with Gasteiger partial charge < -0.3 is 9.47 Å². The van der Waals surface area contributed by atoms with Crippen LogP contribution in [0.3, 0.4) is 0 Å². The van der Waals surface area contributed by atoms with Crippen molar-refractivity contribution in [1.29, 1.82) is 0 Å². The van der Waals surface area contributed by atoms with Gasteiger partial charge in [0, 0.05) is 0 Å². The average Bonchev–Trinajstić information content (AvgIpc) is 2.57. The van der Waals surface area contributed by atoms with Gasteiger partial charge in [0.15, 0.2) is 5.78 Å². The summed E-state index contributed by atoms with van der Waals surface area (Å²) in [7, 11) is 0. The van der Waals surface area contributed by atoms with Crippen LogP contribution < -0.4 is 0 Å². The molecule has 26 heavy (non-hydrogen) atoms. The van der Waals surface area contributed by atoms with Gasteiger partial charge in [-0.15, -0.1) is 0 Å². The minimum Gasteiger partial charge on any atom is -0.370 e. The summed E-state index contributed by atoms with van der Waals surface area (Å²) in [6.45, 7) is 14.4. The van der Waals surface area contributed by atoms with Crippen LogP contribution in [-0.2, 0) is 14.3 Å². The lowest BCUT2D eigenvalue weighted by Gasteiger charge is -2.37. The van der Waals surface area contributed by atoms with Crippen LogP contribution in [0.25, 0.3) is 0 Å². The first kappa shape index (κ1) is 21.9. The number of Topliss-reactive ketones (excluding diaryl/α,β-unsaturated/α-hetero) is 1. The van der Waals surface area contributed by atoms with Gasteiger partial charge in [-0.05, 0) is 74.0 Å². The Balaban J connectivity index is 1.58. The Hall–Kier alpha value is -0.410. The van der Waals surface area contributed by atoms with Crippen molar-refractivity contribution in [2.45, 2.75) is 105 Å². The van der Waals surface area contributed by atoms with Crippen LogP contribution >= 0.6 is 0 Å². The summed E-state index contributed by atoms with van der Waals surface area (Å²) >= 11 is 0. The van der Waals surface area contributed by atoms with E-state index in [4.69, 9.17) is 9.47 Å². The van der Waals surface area contributed by atoms with E-state index in [1.807, 2.05) is 0 Å². The molecule has 0 aromatic heterocycles. The van der Waals surface area contributed by atoms with Crippen LogP contribution in [-0.4, -0.2) is 31.2 Å². The van der Waals surface area contributed by atoms with Gasteiger partial charge in [0.25, 0.3) is 0 Å². The molecular formula is C23H42O3. The standard InChI is InChI=1S/C23H42O3/c1-22(2,3)17-7-11-20(12-8-17)25-15-19(24)16-26-21-13-9-18(10-14-21)23(4,5)6/h17-18,20-21H,7-16H2,1-6H3. The number of ether oxygens (including phenoxy) is 2. The van der Waals surface area contributed by atoms with Crippen LogP contribution in [0.15, 0.2) is 0 Å². The summed E-state index contributed by atoms with van der Waals surface area (Å²) in [5, 5.41) is 0. The molecule has 152 valence electrons. The summed E-state index contributed by atoms with van der Waals surface area (Å²) in [5.41, 5.74) is 0.779. The zero-order valence-corrected chi connectivity index (χ0v) is 18.1. The molecule has 2 aliphatic rings. The molecule has 3 heteroatoms. The monoisotopic (exact) mass is 366 g/mol. The Bertz CT molecular complexity index is 387. The van der Waals surface area contributed by atoms with E-state index in [1.165, 1.54) is 25.7 Å². The van der Waals surface area contributed by atoms with Crippen molar-refractivity contribution >= 4 is 5.78 Å². The largest absolute Gasteiger partial charge is 0.370 e. The first-order valence-corrected chi connectivity index (χ1v) is 10.8. The maximum Gasteiger partial charge on any atom is 0.184 e. The Morgan fingerprint density at radius 1 is 0.654 bits per heavy atom. The van der Waals surface area contributed by atoms with Crippen molar-refractivity contribution in [3.8, 4) is 0 Å². The van der Waals surface area contributed by atoms with Crippen LogP contribution in [0.2, 0.25) is 0 Å². The topological polar surface area (TPSA) is 35.5 Å². The minimum atomic E-state index is 0.0980. The van der Waals surface area contributed by atoms with E-state index >= 15 is 0 Å². The highest BCUT2D eigenvalue weighted by Crippen LogP contribution is 2.39. The molecule has 2 fully saturated rings. The number of carbonyl (C=O) groups is 1. The van der Waals surface area contributed by atoms with Gasteiger partial charge in [-0.1, -0.05) is 41.5 Å². The quantitative estimate of drug-likeness (QED) is 0.596. The molecule has 2 rings (SSSR count). The zero-order valence-electron chi connectivity index (χ0n) is 18.1. The van der Waals surface area contributed by atoms with Gasteiger partial charge in [-0.25, -0.2) is 0 Å². The smallest absolute Gasteiger partial charge is 0.184 e. The van der Waals surface area contributed by atoms with Crippen LogP contribution in [0.4, 0.5) is 0 Å². The first-order valence-electron chi connectivity index (χ1n) is 10.8. The summed E-state index contributed by atoms with van der Waals surface area (Å²) < 4.78 is 11.8. The fraction of sp³-hybridized carbons (Fsp3) is 0.957. The number of ketones is 1. The summed E-state index contributed by atoms with van der Waals surface area (Å²) in [4.78, 5) is 12.1. The second-order valence-electron chi connectivity index (χ2n) is 10.8. The Morgan fingerprint density at radius 2 is 0.962 bits per heavy atom. The van der Waals surface area contributed by atoms with E-state index in [9.17, 15) is 4.79 Å². The number of hydrogen-bond acceptors (Lipinski definition) is 3. The molecule has 0 radical (unpaired) electrons. The minimum absolute atomic E-state index is 0.0980. The summed E-state index contributed by atoms with van der Waals surface area (Å²) in [6, 6.07) is 0. The molecule has 0 atom stereocenters. The normalized spacial score (nSPS) is 31.0. The fourth-order valence-electron chi connectivity index (χ4n) is 4.65. The van der Waals surface area contributed by atoms with Crippen molar-refractivity contribution in [1.82, 2.24) is 0 Å². The average molecular weight is 367 g/mol. The van der Waals surface area contributed by atoms with Crippen molar-refractivity contribution in [2.75, 3.05) is 13.2 Å². The highest BCUT2D eigenvalue weighted by Gasteiger charge is 2.31. The van der Waals surface area contributed by atoms with Crippen molar-refractivity contribution < 1.29 is 14.3 Å². The molecule has 0 N–H and O–H groups in total. The Labute approximate surface area is 161 Å². The molecule has 0 aromatic rings. The number of carbonyl (C=O) groups excluding carboxylic acids is 1. The molecule has 0 unspecified atom stereocenters. The van der Waals surface area contributed by atoms with Gasteiger partial charge >= 0.3 is 0 Å². The molecule has 2 aliphatic carbocycles. The lowest BCUT2D eigenvalue weighted by atomic mass is 9.72. The van der Waals surface area contributed by atoms with Gasteiger partial charge in [0.1, 0.15) is 13.2 Å². The predicted octanol–water partition coefficient (Wildman–Crippen LogP) is 5.80. The molecule has 2 saturated carbocycles. The van der Waals surface area contributed by atoms with Crippen LogP contribution in [0, 0.1) is 22.7 Å². The molecule has 0 spiro atoms. The third-order valence-electron chi connectivity index (χ3n) is 6.76. The van der Waals surface area contributed by atoms with Crippen LogP contribution in [0.1, 0.15) is 92.9 Å². The van der Waals surface area contributed by atoms with E-state index in [2.05, 4.69) is 41.5 Å². The van der Waals surface area contributed by atoms with Crippen LogP contribution in [0.5, 0.6) is 0 Å². The molecule has 0 amide bonds. The molecule has 0 saturated heterocycles. The molecule has 0 aliphatic heterocycles. The van der Waals surface area contributed by atoms with E-state index in [0.29, 0.717) is 10.8 Å². The predicted molar refractivity (Wildman–Crippen MR) is 107 cm³/mol. The molecule has 0 aromatic carbocycles. The zero-order chi connectivity index (χ0) is 19.4. The van der Waals surface area contributed by atoms with Gasteiger partial charge in [0.2, 0.25) is 0 Å². The van der Waals surface area contributed by atoms with Crippen molar-refractivity contribution in [3.63, 3.8) is 0 Å². The fourth-order valence-corrected chi connectivity index (χ4v) is 4.65. The molecule has 3 nitrogen and oxygen atoms in total. The number of hydrogen-bond donors (Lipinski definition) is 0.